The zero-order chi connectivity index (χ0) is 18.5. The van der Waals surface area contributed by atoms with Crippen LogP contribution in [0.15, 0.2) is 60.7 Å². The molecule has 0 fully saturated rings. The Labute approximate surface area is 156 Å². The number of benzene rings is 2. The molecular formula is C21H29NO4. The summed E-state index contributed by atoms with van der Waals surface area (Å²) in [5.74, 6) is 1.72. The molecule has 2 rings (SSSR count). The van der Waals surface area contributed by atoms with E-state index in [1.165, 1.54) is 0 Å². The Bertz CT molecular complexity index is 579. The maximum atomic E-state index is 5.74. The van der Waals surface area contributed by atoms with Crippen molar-refractivity contribution >= 4 is 0 Å². The van der Waals surface area contributed by atoms with Gasteiger partial charge in [0.15, 0.2) is 0 Å². The Kier molecular flexibility index (Phi) is 9.57. The first-order chi connectivity index (χ1) is 12.8. The second-order valence-corrected chi connectivity index (χ2v) is 5.84. The van der Waals surface area contributed by atoms with Crippen LogP contribution in [0.5, 0.6) is 11.5 Å². The van der Waals surface area contributed by atoms with E-state index in [2.05, 4.69) is 6.92 Å². The average Bonchev–Trinajstić information content (AvgIpc) is 2.69. The van der Waals surface area contributed by atoms with Crippen molar-refractivity contribution in [2.24, 2.45) is 0 Å². The highest BCUT2D eigenvalue weighted by Crippen LogP contribution is 2.09. The van der Waals surface area contributed by atoms with Crippen molar-refractivity contribution in [3.8, 4) is 11.5 Å². The molecule has 0 saturated heterocycles. The molecule has 0 radical (unpaired) electrons. The predicted molar refractivity (Wildman–Crippen MR) is 102 cm³/mol. The minimum Gasteiger partial charge on any atom is -0.491 e. The van der Waals surface area contributed by atoms with Gasteiger partial charge in [-0.15, -0.1) is 0 Å². The zero-order valence-corrected chi connectivity index (χ0v) is 15.7. The van der Waals surface area contributed by atoms with Gasteiger partial charge in [-0.25, -0.2) is 0 Å². The van der Waals surface area contributed by atoms with Crippen molar-refractivity contribution in [1.29, 1.82) is 0 Å². The topological polar surface area (TPSA) is 40.2 Å². The van der Waals surface area contributed by atoms with Gasteiger partial charge in [0.05, 0.1) is 19.3 Å². The van der Waals surface area contributed by atoms with Gasteiger partial charge in [0, 0.05) is 7.05 Å². The van der Waals surface area contributed by atoms with Crippen molar-refractivity contribution in [3.63, 3.8) is 0 Å². The molecular weight excluding hydrogens is 330 g/mol. The molecule has 5 heteroatoms. The number of nitrogens with zero attached hydrogens (tertiary/aromatic N) is 1. The van der Waals surface area contributed by atoms with Gasteiger partial charge in [0.25, 0.3) is 0 Å². The van der Waals surface area contributed by atoms with Gasteiger partial charge in [0.2, 0.25) is 0 Å². The molecule has 2 aromatic rings. The smallest absolute Gasteiger partial charge is 0.119 e. The van der Waals surface area contributed by atoms with Crippen molar-refractivity contribution in [1.82, 2.24) is 5.06 Å². The summed E-state index contributed by atoms with van der Waals surface area (Å²) >= 11 is 0. The number of hydroxylamine groups is 2. The molecule has 0 aliphatic heterocycles. The molecule has 1 unspecified atom stereocenters. The van der Waals surface area contributed by atoms with Crippen molar-refractivity contribution in [3.05, 3.63) is 60.7 Å². The molecule has 26 heavy (non-hydrogen) atoms. The molecule has 0 aliphatic carbocycles. The molecule has 0 aliphatic rings. The molecule has 0 heterocycles. The van der Waals surface area contributed by atoms with Crippen LogP contribution in [-0.4, -0.2) is 51.2 Å². The van der Waals surface area contributed by atoms with Crippen LogP contribution < -0.4 is 9.47 Å². The van der Waals surface area contributed by atoms with Crippen LogP contribution in [0, 0.1) is 0 Å². The molecule has 5 nitrogen and oxygen atoms in total. The lowest BCUT2D eigenvalue weighted by Crippen LogP contribution is -2.36. The lowest BCUT2D eigenvalue weighted by molar-refractivity contribution is -0.184. The van der Waals surface area contributed by atoms with Gasteiger partial charge in [-0.05, 0) is 30.7 Å². The number of likely N-dealkylation sites (N-methyl/N-ethyl adjacent to an activating group) is 1. The summed E-state index contributed by atoms with van der Waals surface area (Å²) in [6.45, 7) is 4.82. The second kappa shape index (κ2) is 12.3. The van der Waals surface area contributed by atoms with Gasteiger partial charge in [-0.1, -0.05) is 43.3 Å². The van der Waals surface area contributed by atoms with E-state index in [1.54, 1.807) is 0 Å². The summed E-state index contributed by atoms with van der Waals surface area (Å²) in [7, 11) is 1.93. The van der Waals surface area contributed by atoms with E-state index < -0.39 is 0 Å². The lowest BCUT2D eigenvalue weighted by atomic mass is 10.2. The van der Waals surface area contributed by atoms with Crippen LogP contribution in [0.3, 0.4) is 0 Å². The van der Waals surface area contributed by atoms with Crippen LogP contribution in [0.1, 0.15) is 13.3 Å². The monoisotopic (exact) mass is 359 g/mol. The highest BCUT2D eigenvalue weighted by Gasteiger charge is 2.13. The maximum absolute atomic E-state index is 5.74. The summed E-state index contributed by atoms with van der Waals surface area (Å²) < 4.78 is 17.0. The summed E-state index contributed by atoms with van der Waals surface area (Å²) in [5, 5.41) is 1.85. The standard InChI is InChI=1S/C21H29NO4/c1-3-19(18-23-14-15-24-20-10-6-4-7-11-20)22(2)26-17-16-25-21-12-8-5-9-13-21/h4-13,19H,3,14-18H2,1-2H3. The number of ether oxygens (including phenoxy) is 3. The summed E-state index contributed by atoms with van der Waals surface area (Å²) in [6, 6.07) is 19.7. The first-order valence-corrected chi connectivity index (χ1v) is 9.08. The molecule has 0 saturated carbocycles. The lowest BCUT2D eigenvalue weighted by Gasteiger charge is -2.26. The number of hydrogen-bond acceptors (Lipinski definition) is 5. The van der Waals surface area contributed by atoms with Gasteiger partial charge in [-0.3, -0.25) is 4.84 Å². The van der Waals surface area contributed by atoms with Crippen LogP contribution in [0.2, 0.25) is 0 Å². The van der Waals surface area contributed by atoms with E-state index in [-0.39, 0.29) is 6.04 Å². The van der Waals surface area contributed by atoms with Crippen LogP contribution >= 0.6 is 0 Å². The number of para-hydroxylation sites is 2. The fourth-order valence-electron chi connectivity index (χ4n) is 2.40. The Hall–Kier alpha value is -2.08. The van der Waals surface area contributed by atoms with Crippen LogP contribution in [0.25, 0.3) is 0 Å². The fourth-order valence-corrected chi connectivity index (χ4v) is 2.40. The molecule has 0 spiro atoms. The van der Waals surface area contributed by atoms with E-state index in [1.807, 2.05) is 72.8 Å². The van der Waals surface area contributed by atoms with Crippen LogP contribution in [-0.2, 0) is 9.57 Å². The Morgan fingerprint density at radius 3 is 1.85 bits per heavy atom. The van der Waals surface area contributed by atoms with E-state index >= 15 is 0 Å². The van der Waals surface area contributed by atoms with E-state index in [0.717, 1.165) is 17.9 Å². The van der Waals surface area contributed by atoms with Gasteiger partial charge in [0.1, 0.15) is 31.3 Å². The molecule has 0 N–H and O–H groups in total. The Balaban J connectivity index is 1.55. The molecule has 0 amide bonds. The van der Waals surface area contributed by atoms with E-state index in [0.29, 0.717) is 33.0 Å². The second-order valence-electron chi connectivity index (χ2n) is 5.84. The largest absolute Gasteiger partial charge is 0.491 e. The third-order valence-electron chi connectivity index (χ3n) is 3.93. The minimum atomic E-state index is 0.198. The van der Waals surface area contributed by atoms with Crippen molar-refractivity contribution < 1.29 is 19.0 Å². The highest BCUT2D eigenvalue weighted by atomic mass is 16.7. The maximum Gasteiger partial charge on any atom is 0.119 e. The van der Waals surface area contributed by atoms with Crippen molar-refractivity contribution in [2.45, 2.75) is 19.4 Å². The van der Waals surface area contributed by atoms with Crippen LogP contribution in [0.4, 0.5) is 0 Å². The quantitative estimate of drug-likeness (QED) is 0.402. The van der Waals surface area contributed by atoms with Gasteiger partial charge < -0.3 is 14.2 Å². The third kappa shape index (κ3) is 7.87. The molecule has 2 aromatic carbocycles. The van der Waals surface area contributed by atoms with Crippen molar-refractivity contribution in [2.75, 3.05) is 40.1 Å². The first-order valence-electron chi connectivity index (χ1n) is 9.08. The van der Waals surface area contributed by atoms with Gasteiger partial charge >= 0.3 is 0 Å². The Morgan fingerprint density at radius 2 is 1.31 bits per heavy atom. The SMILES string of the molecule is CCC(COCCOc1ccccc1)N(C)OCCOc1ccccc1. The normalized spacial score (nSPS) is 12.1. The fraction of sp³-hybridized carbons (Fsp3) is 0.429. The molecule has 1 atom stereocenters. The van der Waals surface area contributed by atoms with E-state index in [9.17, 15) is 0 Å². The molecule has 142 valence electrons. The summed E-state index contributed by atoms with van der Waals surface area (Å²) in [4.78, 5) is 5.74. The first kappa shape index (κ1) is 20.2. The summed E-state index contributed by atoms with van der Waals surface area (Å²) in [5.41, 5.74) is 0. The Morgan fingerprint density at radius 1 is 0.769 bits per heavy atom. The predicted octanol–water partition coefficient (Wildman–Crippen LogP) is 3.80. The minimum absolute atomic E-state index is 0.198. The number of hydrogen-bond donors (Lipinski definition) is 0. The molecule has 0 aromatic heterocycles. The molecule has 0 bridgehead atoms. The summed E-state index contributed by atoms with van der Waals surface area (Å²) in [6.07, 6.45) is 0.940. The van der Waals surface area contributed by atoms with Gasteiger partial charge in [-0.2, -0.15) is 5.06 Å². The number of rotatable bonds is 13. The zero-order valence-electron chi connectivity index (χ0n) is 15.7. The third-order valence-corrected chi connectivity index (χ3v) is 3.93. The van der Waals surface area contributed by atoms with E-state index in [4.69, 9.17) is 19.0 Å². The highest BCUT2D eigenvalue weighted by molar-refractivity contribution is 5.21. The average molecular weight is 359 g/mol.